The Morgan fingerprint density at radius 3 is 2.10 bits per heavy atom. The van der Waals surface area contributed by atoms with E-state index >= 15 is 0 Å². The van der Waals surface area contributed by atoms with Crippen LogP contribution >= 0.6 is 0 Å². The number of sulfone groups is 1. The Morgan fingerprint density at radius 1 is 0.976 bits per heavy atom. The van der Waals surface area contributed by atoms with Crippen molar-refractivity contribution < 1.29 is 31.9 Å². The molecule has 10 heteroatoms. The van der Waals surface area contributed by atoms with E-state index in [1.54, 1.807) is 19.3 Å². The van der Waals surface area contributed by atoms with Crippen LogP contribution in [0, 0.1) is 11.3 Å². The highest BCUT2D eigenvalue weighted by molar-refractivity contribution is 7.91. The lowest BCUT2D eigenvalue weighted by atomic mass is 9.76. The van der Waals surface area contributed by atoms with Gasteiger partial charge in [-0.15, -0.1) is 0 Å². The van der Waals surface area contributed by atoms with E-state index in [2.05, 4.69) is 38.8 Å². The third-order valence-corrected chi connectivity index (χ3v) is 14.8. The van der Waals surface area contributed by atoms with Gasteiger partial charge in [0.1, 0.15) is 5.60 Å². The zero-order valence-corrected chi connectivity index (χ0v) is 30.3. The van der Waals surface area contributed by atoms with Crippen molar-refractivity contribution in [1.29, 1.82) is 0 Å². The summed E-state index contributed by atoms with van der Waals surface area (Å²) in [6.45, 7) is 23.9. The van der Waals surface area contributed by atoms with Crippen LogP contribution < -0.4 is 0 Å². The van der Waals surface area contributed by atoms with Gasteiger partial charge < -0.3 is 13.9 Å². The first kappa shape index (κ1) is 38.2. The minimum atomic E-state index is -3.33. The Kier molecular flexibility index (Phi) is 13.0. The van der Waals surface area contributed by atoms with Crippen molar-refractivity contribution in [3.05, 3.63) is 29.6 Å². The first-order valence-electron chi connectivity index (χ1n) is 14.9. The van der Waals surface area contributed by atoms with Gasteiger partial charge in [0.05, 0.1) is 29.9 Å². The summed E-state index contributed by atoms with van der Waals surface area (Å²) in [7, 11) is -3.99. The van der Waals surface area contributed by atoms with E-state index < -0.39 is 34.6 Å². The number of carbonyl (C=O) groups is 2. The quantitative estimate of drug-likeness (QED) is 0.157. The summed E-state index contributed by atoms with van der Waals surface area (Å²) in [6.07, 6.45) is 5.48. The van der Waals surface area contributed by atoms with Crippen LogP contribution in [0.3, 0.4) is 0 Å². The number of rotatable bonds is 15. The first-order valence-corrected chi connectivity index (χ1v) is 19.7. The van der Waals surface area contributed by atoms with E-state index in [4.69, 9.17) is 13.9 Å². The average Bonchev–Trinajstić information content (AvgIpc) is 2.80. The van der Waals surface area contributed by atoms with Crippen LogP contribution in [0.4, 0.5) is 0 Å². The molecule has 0 aliphatic heterocycles. The van der Waals surface area contributed by atoms with Crippen LogP contribution in [0.2, 0.25) is 18.1 Å². The topological polar surface area (TPSA) is 109 Å². The van der Waals surface area contributed by atoms with Gasteiger partial charge in [-0.1, -0.05) is 54.0 Å². The normalized spacial score (nSPS) is 15.5. The molecule has 8 nitrogen and oxygen atoms in total. The van der Waals surface area contributed by atoms with Gasteiger partial charge in [-0.25, -0.2) is 8.42 Å². The van der Waals surface area contributed by atoms with Crippen molar-refractivity contribution in [1.82, 2.24) is 4.98 Å². The molecule has 1 unspecified atom stereocenters. The van der Waals surface area contributed by atoms with Crippen molar-refractivity contribution in [3.63, 3.8) is 0 Å². The summed E-state index contributed by atoms with van der Waals surface area (Å²) in [6, 6.07) is 1.91. The second-order valence-corrected chi connectivity index (χ2v) is 22.3. The molecule has 42 heavy (non-hydrogen) atoms. The predicted molar refractivity (Wildman–Crippen MR) is 172 cm³/mol. The molecule has 0 spiro atoms. The van der Waals surface area contributed by atoms with Crippen LogP contribution in [-0.4, -0.2) is 64.5 Å². The maximum absolute atomic E-state index is 13.6. The standard InChI is InChI=1S/C32H57NO7SSi/c1-24(27(34)38-11)19-25-20-26(22-33-21-25)32(10,28(35)40-29(2,3)4)16-14-15-31(8,9)23-41(36,37)18-17-39-42(12,13)30(5,6)7/h20-22,24H,14-19,23H2,1-13H3/t24-,32?/m0/s1. The van der Waals surface area contributed by atoms with Crippen LogP contribution in [0.15, 0.2) is 18.5 Å². The third-order valence-electron chi connectivity index (χ3n) is 8.23. The van der Waals surface area contributed by atoms with Gasteiger partial charge in [-0.05, 0) is 81.6 Å². The number of hydrogen-bond acceptors (Lipinski definition) is 8. The maximum atomic E-state index is 13.6. The Bertz CT molecular complexity index is 1170. The summed E-state index contributed by atoms with van der Waals surface area (Å²) in [5.74, 6) is -0.967. The van der Waals surface area contributed by atoms with Gasteiger partial charge in [0.25, 0.3) is 0 Å². The Morgan fingerprint density at radius 2 is 1.57 bits per heavy atom. The lowest BCUT2D eigenvalue weighted by molar-refractivity contribution is -0.162. The lowest BCUT2D eigenvalue weighted by Crippen LogP contribution is -2.42. The number of hydrogen-bond donors (Lipinski definition) is 0. The van der Waals surface area contributed by atoms with E-state index in [1.165, 1.54) is 7.11 Å². The molecule has 0 bridgehead atoms. The van der Waals surface area contributed by atoms with Gasteiger partial charge in [0.2, 0.25) is 0 Å². The van der Waals surface area contributed by atoms with Crippen LogP contribution in [0.25, 0.3) is 0 Å². The molecule has 0 saturated heterocycles. The highest BCUT2D eigenvalue weighted by Gasteiger charge is 2.40. The minimum absolute atomic E-state index is 0.00101. The van der Waals surface area contributed by atoms with Crippen molar-refractivity contribution in [2.75, 3.05) is 25.2 Å². The van der Waals surface area contributed by atoms with Gasteiger partial charge in [-0.3, -0.25) is 14.6 Å². The van der Waals surface area contributed by atoms with Gasteiger partial charge >= 0.3 is 11.9 Å². The molecular formula is C32H57NO7SSi. The molecule has 0 aliphatic carbocycles. The largest absolute Gasteiger partial charge is 0.469 e. The van der Waals surface area contributed by atoms with Crippen molar-refractivity contribution >= 4 is 30.1 Å². The zero-order valence-electron chi connectivity index (χ0n) is 28.5. The molecule has 1 aromatic rings. The highest BCUT2D eigenvalue weighted by Crippen LogP contribution is 2.37. The fraction of sp³-hybridized carbons (Fsp3) is 0.781. The van der Waals surface area contributed by atoms with Crippen molar-refractivity contribution in [2.24, 2.45) is 11.3 Å². The molecule has 0 fully saturated rings. The summed E-state index contributed by atoms with van der Waals surface area (Å²) in [4.78, 5) is 30.0. The van der Waals surface area contributed by atoms with E-state index in [1.807, 2.05) is 47.6 Å². The zero-order chi connectivity index (χ0) is 32.8. The second-order valence-electron chi connectivity index (χ2n) is 15.3. The van der Waals surface area contributed by atoms with Gasteiger partial charge in [0, 0.05) is 19.0 Å². The number of esters is 2. The molecular weight excluding hydrogens is 571 g/mol. The molecule has 0 amide bonds. The fourth-order valence-electron chi connectivity index (χ4n) is 4.59. The summed E-state index contributed by atoms with van der Waals surface area (Å²) < 4.78 is 42.9. The van der Waals surface area contributed by atoms with E-state index in [0.29, 0.717) is 31.2 Å². The van der Waals surface area contributed by atoms with Gasteiger partial charge in [-0.2, -0.15) is 0 Å². The molecule has 0 aliphatic rings. The molecule has 0 N–H and O–H groups in total. The molecule has 1 aromatic heterocycles. The average molecular weight is 628 g/mol. The second kappa shape index (κ2) is 14.3. The monoisotopic (exact) mass is 627 g/mol. The Balaban J connectivity index is 3.06. The maximum Gasteiger partial charge on any atom is 0.316 e. The number of methoxy groups -OCH3 is 1. The summed E-state index contributed by atoms with van der Waals surface area (Å²) >= 11 is 0. The predicted octanol–water partition coefficient (Wildman–Crippen LogP) is 6.67. The first-order chi connectivity index (χ1) is 18.8. The SMILES string of the molecule is COC(=O)[C@@H](C)Cc1cncc(C(C)(CCCC(C)(C)CS(=O)(=O)CCO[Si](C)(C)C(C)(C)C)C(=O)OC(C)(C)C)c1. The van der Waals surface area contributed by atoms with Gasteiger partial charge in [0.15, 0.2) is 18.2 Å². The Labute approximate surface area is 256 Å². The third kappa shape index (κ3) is 12.1. The smallest absolute Gasteiger partial charge is 0.316 e. The van der Waals surface area contributed by atoms with Crippen molar-refractivity contribution in [3.8, 4) is 0 Å². The number of nitrogens with zero attached hydrogens (tertiary/aromatic N) is 1. The molecule has 242 valence electrons. The molecule has 0 saturated carbocycles. The Hall–Kier alpha value is -1.78. The molecule has 1 rings (SSSR count). The van der Waals surface area contributed by atoms with Crippen LogP contribution in [0.5, 0.6) is 0 Å². The highest BCUT2D eigenvalue weighted by atomic mass is 32.2. The van der Waals surface area contributed by atoms with E-state index in [0.717, 1.165) is 5.56 Å². The summed E-state index contributed by atoms with van der Waals surface area (Å²) in [5.41, 5.74) is -0.633. The number of ether oxygens (including phenoxy) is 2. The fourth-order valence-corrected chi connectivity index (χ4v) is 7.60. The number of pyridine rings is 1. The molecule has 0 aromatic carbocycles. The number of aromatic nitrogens is 1. The summed E-state index contributed by atoms with van der Waals surface area (Å²) in [5, 5.41) is 0.0193. The molecule has 1 heterocycles. The minimum Gasteiger partial charge on any atom is -0.469 e. The van der Waals surface area contributed by atoms with Crippen LogP contribution in [-0.2, 0) is 45.2 Å². The molecule has 2 atom stereocenters. The van der Waals surface area contributed by atoms with E-state index in [-0.39, 0.29) is 41.0 Å². The molecule has 0 radical (unpaired) electrons. The van der Waals surface area contributed by atoms with Crippen molar-refractivity contribution in [2.45, 2.75) is 124 Å². The van der Waals surface area contributed by atoms with Crippen LogP contribution in [0.1, 0.15) is 99.6 Å². The lowest BCUT2D eigenvalue weighted by Gasteiger charge is -2.36. The number of carbonyl (C=O) groups excluding carboxylic acids is 2. The van der Waals surface area contributed by atoms with E-state index in [9.17, 15) is 18.0 Å².